The van der Waals surface area contributed by atoms with Crippen molar-refractivity contribution < 1.29 is 27.5 Å². The van der Waals surface area contributed by atoms with Crippen molar-refractivity contribution >= 4 is 45.0 Å². The number of ether oxygens (including phenoxy) is 1. The van der Waals surface area contributed by atoms with E-state index in [-0.39, 0.29) is 29.5 Å². The van der Waals surface area contributed by atoms with Crippen molar-refractivity contribution in [2.75, 3.05) is 29.9 Å². The van der Waals surface area contributed by atoms with Crippen LogP contribution in [-0.2, 0) is 29.1 Å². The lowest BCUT2D eigenvalue weighted by Gasteiger charge is -2.16. The molecule has 2 amide bonds. The lowest BCUT2D eigenvalue weighted by molar-refractivity contribution is -0.151. The Kier molecular flexibility index (Phi) is 7.15. The highest BCUT2D eigenvalue weighted by Crippen LogP contribution is 2.26. The minimum Gasteiger partial charge on any atom is -0.455 e. The van der Waals surface area contributed by atoms with Gasteiger partial charge in [0.25, 0.3) is 15.9 Å². The van der Waals surface area contributed by atoms with Gasteiger partial charge in [0.2, 0.25) is 5.91 Å². The summed E-state index contributed by atoms with van der Waals surface area (Å²) in [7, 11) is -3.83. The van der Waals surface area contributed by atoms with E-state index in [4.69, 9.17) is 4.74 Å². The Morgan fingerprint density at radius 2 is 1.94 bits per heavy atom. The highest BCUT2D eigenvalue weighted by atomic mass is 32.2. The molecule has 2 N–H and O–H groups in total. The second kappa shape index (κ2) is 10.3. The number of anilines is 2. The number of nitrogens with one attached hydrogen (secondary N) is 2. The van der Waals surface area contributed by atoms with Gasteiger partial charge in [-0.1, -0.05) is 23.8 Å². The van der Waals surface area contributed by atoms with Gasteiger partial charge in [0.1, 0.15) is 5.84 Å². The maximum Gasteiger partial charge on any atom is 0.311 e. The van der Waals surface area contributed by atoms with Crippen molar-refractivity contribution in [2.45, 2.75) is 31.1 Å². The third-order valence-corrected chi connectivity index (χ3v) is 7.08. The van der Waals surface area contributed by atoms with Crippen molar-refractivity contribution in [3.05, 3.63) is 54.1 Å². The molecule has 0 aliphatic carbocycles. The molecule has 2 aliphatic heterocycles. The fourth-order valence-corrected chi connectivity index (χ4v) is 5.00. The van der Waals surface area contributed by atoms with Crippen LogP contribution < -0.4 is 14.9 Å². The van der Waals surface area contributed by atoms with Gasteiger partial charge in [0.05, 0.1) is 10.8 Å². The van der Waals surface area contributed by atoms with E-state index < -0.39 is 34.4 Å². The number of amidine groups is 1. The molecule has 0 saturated carbocycles. The molecule has 0 radical (unpaired) electrons. The molecule has 0 bridgehead atoms. The molecular formula is C24H26N4O6S. The number of benzene rings is 2. The summed E-state index contributed by atoms with van der Waals surface area (Å²) in [4.78, 5) is 42.7. The zero-order valence-electron chi connectivity index (χ0n) is 19.2. The molecule has 10 nitrogen and oxygen atoms in total. The molecule has 0 spiro atoms. The minimum absolute atomic E-state index is 0.00647. The Morgan fingerprint density at radius 3 is 2.66 bits per heavy atom. The maximum absolute atomic E-state index is 12.6. The van der Waals surface area contributed by atoms with Crippen LogP contribution in [-0.4, -0.2) is 51.7 Å². The standard InChI is InChI=1S/C24H26N4O6S/c1-16-7-9-19(10-8-16)28-14-17(12-23(28)30)24(31)34-15-22(29)26-18-4-2-5-20(13-18)35(32,33)27-21-6-3-11-25-21/h2,4-5,7-10,13,17H,3,6,11-12,14-15H2,1H3,(H,25,27)(H,26,29)/t17-/m1/s1. The highest BCUT2D eigenvalue weighted by molar-refractivity contribution is 7.90. The van der Waals surface area contributed by atoms with Crippen molar-refractivity contribution in [3.63, 3.8) is 0 Å². The third kappa shape index (κ3) is 6.04. The predicted molar refractivity (Wildman–Crippen MR) is 130 cm³/mol. The summed E-state index contributed by atoms with van der Waals surface area (Å²) in [6.07, 6.45) is 1.37. The second-order valence-electron chi connectivity index (χ2n) is 8.46. The van der Waals surface area contributed by atoms with Crippen molar-refractivity contribution in [3.8, 4) is 0 Å². The summed E-state index contributed by atoms with van der Waals surface area (Å²) in [6, 6.07) is 13.2. The molecular weight excluding hydrogens is 472 g/mol. The number of rotatable bonds is 7. The lowest BCUT2D eigenvalue weighted by atomic mass is 10.1. The number of sulfonamides is 1. The molecule has 35 heavy (non-hydrogen) atoms. The average Bonchev–Trinajstić information content (AvgIpc) is 3.47. The van der Waals surface area contributed by atoms with Gasteiger partial charge < -0.3 is 15.0 Å². The van der Waals surface area contributed by atoms with Gasteiger partial charge in [0, 0.05) is 37.3 Å². The fourth-order valence-electron chi connectivity index (χ4n) is 3.87. The number of hydrogen-bond donors (Lipinski definition) is 2. The SMILES string of the molecule is Cc1ccc(N2C[C@H](C(=O)OCC(=O)Nc3cccc(S(=O)(=O)NC4=NCCC4)c3)CC2=O)cc1. The van der Waals surface area contributed by atoms with Gasteiger partial charge in [-0.05, 0) is 43.7 Å². The average molecular weight is 499 g/mol. The van der Waals surface area contributed by atoms with E-state index in [1.807, 2.05) is 31.2 Å². The summed E-state index contributed by atoms with van der Waals surface area (Å²) in [5.74, 6) is -1.70. The number of carbonyl (C=O) groups excluding carboxylic acids is 3. The number of aryl methyl sites for hydroxylation is 1. The molecule has 184 valence electrons. The molecule has 2 aliphatic rings. The number of nitrogens with zero attached hydrogens (tertiary/aromatic N) is 2. The number of carbonyl (C=O) groups is 3. The van der Waals surface area contributed by atoms with Crippen LogP contribution in [0.2, 0.25) is 0 Å². The molecule has 1 atom stereocenters. The summed E-state index contributed by atoms with van der Waals surface area (Å²) < 4.78 is 32.7. The number of esters is 1. The zero-order chi connectivity index (χ0) is 25.0. The van der Waals surface area contributed by atoms with E-state index in [0.717, 1.165) is 12.0 Å². The zero-order valence-corrected chi connectivity index (χ0v) is 20.0. The largest absolute Gasteiger partial charge is 0.455 e. The minimum atomic E-state index is -3.83. The van der Waals surface area contributed by atoms with Gasteiger partial charge in [-0.3, -0.25) is 24.1 Å². The Hall–Kier alpha value is -3.73. The first-order valence-electron chi connectivity index (χ1n) is 11.2. The van der Waals surface area contributed by atoms with Crippen LogP contribution in [0.4, 0.5) is 11.4 Å². The molecule has 0 aromatic heterocycles. The molecule has 1 fully saturated rings. The van der Waals surface area contributed by atoms with E-state index in [1.165, 1.54) is 29.2 Å². The first kappa shape index (κ1) is 24.4. The van der Waals surface area contributed by atoms with Gasteiger partial charge in [0.15, 0.2) is 6.61 Å². The second-order valence-corrected chi connectivity index (χ2v) is 10.1. The van der Waals surface area contributed by atoms with Crippen LogP contribution in [0.1, 0.15) is 24.8 Å². The summed E-state index contributed by atoms with van der Waals surface area (Å²) >= 11 is 0. The molecule has 1 saturated heterocycles. The third-order valence-electron chi connectivity index (χ3n) is 5.70. The van der Waals surface area contributed by atoms with Crippen LogP contribution in [0.3, 0.4) is 0 Å². The van der Waals surface area contributed by atoms with E-state index in [1.54, 1.807) is 0 Å². The molecule has 4 rings (SSSR count). The van der Waals surface area contributed by atoms with Crippen LogP contribution in [0.15, 0.2) is 58.4 Å². The van der Waals surface area contributed by atoms with Gasteiger partial charge >= 0.3 is 5.97 Å². The summed E-state index contributed by atoms with van der Waals surface area (Å²) in [5, 5.41) is 2.53. The smallest absolute Gasteiger partial charge is 0.311 e. The Labute approximate surface area is 203 Å². The van der Waals surface area contributed by atoms with E-state index in [0.29, 0.717) is 24.5 Å². The van der Waals surface area contributed by atoms with Gasteiger partial charge in [-0.25, -0.2) is 8.42 Å². The number of aliphatic imine (C=N–C) groups is 1. The van der Waals surface area contributed by atoms with Crippen LogP contribution in [0, 0.1) is 12.8 Å². The quantitative estimate of drug-likeness (QED) is 0.561. The van der Waals surface area contributed by atoms with Crippen molar-refractivity contribution in [1.82, 2.24) is 4.72 Å². The Bertz CT molecular complexity index is 1270. The first-order chi connectivity index (χ1) is 16.7. The van der Waals surface area contributed by atoms with E-state index in [9.17, 15) is 22.8 Å². The molecule has 2 heterocycles. The Morgan fingerprint density at radius 1 is 1.17 bits per heavy atom. The van der Waals surface area contributed by atoms with Crippen LogP contribution in [0.5, 0.6) is 0 Å². The monoisotopic (exact) mass is 498 g/mol. The molecule has 2 aromatic rings. The van der Waals surface area contributed by atoms with E-state index >= 15 is 0 Å². The molecule has 2 aromatic carbocycles. The van der Waals surface area contributed by atoms with Gasteiger partial charge in [-0.15, -0.1) is 0 Å². The van der Waals surface area contributed by atoms with Crippen LogP contribution >= 0.6 is 0 Å². The van der Waals surface area contributed by atoms with Crippen molar-refractivity contribution in [2.24, 2.45) is 10.9 Å². The molecule has 0 unspecified atom stereocenters. The maximum atomic E-state index is 12.6. The summed E-state index contributed by atoms with van der Waals surface area (Å²) in [5.41, 5.74) is 2.01. The van der Waals surface area contributed by atoms with Gasteiger partial charge in [-0.2, -0.15) is 0 Å². The van der Waals surface area contributed by atoms with Crippen molar-refractivity contribution in [1.29, 1.82) is 0 Å². The first-order valence-corrected chi connectivity index (χ1v) is 12.7. The number of hydrogen-bond acceptors (Lipinski definition) is 7. The normalized spacial score (nSPS) is 17.7. The number of amides is 2. The Balaban J connectivity index is 1.30. The molecule has 11 heteroatoms. The van der Waals surface area contributed by atoms with Crippen LogP contribution in [0.25, 0.3) is 0 Å². The predicted octanol–water partition coefficient (Wildman–Crippen LogP) is 2.00. The summed E-state index contributed by atoms with van der Waals surface area (Å²) in [6.45, 7) is 2.16. The lowest BCUT2D eigenvalue weighted by Crippen LogP contribution is -2.29. The fraction of sp³-hybridized carbons (Fsp3) is 0.333. The van der Waals surface area contributed by atoms with E-state index in [2.05, 4.69) is 15.0 Å². The topological polar surface area (TPSA) is 134 Å². The highest BCUT2D eigenvalue weighted by Gasteiger charge is 2.36.